The van der Waals surface area contributed by atoms with Crippen LogP contribution in [0.2, 0.25) is 0 Å². The van der Waals surface area contributed by atoms with Crippen molar-refractivity contribution < 1.29 is 52.1 Å². The third kappa shape index (κ3) is 7.49. The molecule has 0 saturated heterocycles. The summed E-state index contributed by atoms with van der Waals surface area (Å²) in [4.78, 5) is 68.8. The van der Waals surface area contributed by atoms with E-state index in [1.165, 1.54) is 67.5 Å². The molecule has 3 aromatic carbocycles. The average molecular weight is 664 g/mol. The maximum atomic E-state index is 13.4. The largest absolute Gasteiger partial charge is 0.480 e. The lowest BCUT2D eigenvalue weighted by molar-refractivity contribution is -0.164. The molecule has 4 rings (SSSR count). The van der Waals surface area contributed by atoms with Gasteiger partial charge in [-0.15, -0.1) is 0 Å². The number of carbonyl (C=O) groups is 5. The number of aromatic nitrogens is 1. The Hall–Kier alpha value is -6.05. The number of carboxylic acids is 2. The molecule has 0 bridgehead atoms. The number of nitrogens with one attached hydrogen (secondary N) is 1. The normalized spacial score (nSPS) is 11.4. The van der Waals surface area contributed by atoms with Gasteiger partial charge in [-0.05, 0) is 41.0 Å². The minimum Gasteiger partial charge on any atom is -0.480 e. The number of carbonyl (C=O) groups excluding carboxylic acids is 3. The topological polar surface area (TPSA) is 163 Å². The van der Waals surface area contributed by atoms with Crippen molar-refractivity contribution in [2.75, 3.05) is 26.0 Å². The molecular weight excluding hydrogens is 635 g/mol. The predicted molar refractivity (Wildman–Crippen MR) is 165 cm³/mol. The van der Waals surface area contributed by atoms with Crippen LogP contribution in [0.1, 0.15) is 37.5 Å². The van der Waals surface area contributed by atoms with Crippen molar-refractivity contribution in [3.63, 3.8) is 0 Å². The number of hydrogen-bond acceptors (Lipinski definition) is 7. The predicted octanol–water partition coefficient (Wildman–Crippen LogP) is 4.91. The number of ether oxygens (including phenoxy) is 1. The Labute approximate surface area is 271 Å². The lowest BCUT2D eigenvalue weighted by atomic mass is 9.81. The van der Waals surface area contributed by atoms with Crippen LogP contribution in [0.25, 0.3) is 11.1 Å². The standard InChI is InChI=1S/C34H28F3N3O8/c1-40(2)30(43)26-16-23(17-28(41)48-19-33(31(44)45,32(46)47)21-8-4-3-5-9-21)38-18-27(26)39-29(42)25-11-7-6-10-24(25)20-12-14-22(15-13-20)34(35,36)37/h3-16,18H,17,19H2,1-2H3,(H,39,42)(H,44,45)(H,46,47). The zero-order valence-corrected chi connectivity index (χ0v) is 25.4. The molecule has 11 nitrogen and oxygen atoms in total. The van der Waals surface area contributed by atoms with Gasteiger partial charge in [0.25, 0.3) is 11.8 Å². The highest BCUT2D eigenvalue weighted by Crippen LogP contribution is 2.32. The zero-order valence-electron chi connectivity index (χ0n) is 25.4. The summed E-state index contributed by atoms with van der Waals surface area (Å²) in [7, 11) is 2.90. The molecule has 4 aromatic rings. The molecule has 0 radical (unpaired) electrons. The first-order valence-electron chi connectivity index (χ1n) is 14.1. The summed E-state index contributed by atoms with van der Waals surface area (Å²) in [5.74, 6) is -5.81. The van der Waals surface area contributed by atoms with Gasteiger partial charge in [0, 0.05) is 19.7 Å². The van der Waals surface area contributed by atoms with E-state index < -0.39 is 59.9 Å². The van der Waals surface area contributed by atoms with Crippen molar-refractivity contribution >= 4 is 35.4 Å². The summed E-state index contributed by atoms with van der Waals surface area (Å²) in [5.41, 5.74) is -2.93. The van der Waals surface area contributed by atoms with Gasteiger partial charge in [-0.3, -0.25) is 29.0 Å². The van der Waals surface area contributed by atoms with Crippen LogP contribution in [0.4, 0.5) is 18.9 Å². The van der Waals surface area contributed by atoms with E-state index in [1.54, 1.807) is 24.3 Å². The summed E-state index contributed by atoms with van der Waals surface area (Å²) >= 11 is 0. The molecule has 14 heteroatoms. The van der Waals surface area contributed by atoms with E-state index in [4.69, 9.17) is 4.74 Å². The second-order valence-electron chi connectivity index (χ2n) is 10.7. The SMILES string of the molecule is CN(C)C(=O)c1cc(CC(=O)OCC(C(=O)O)(C(=O)O)c2ccccc2)ncc1NC(=O)c1ccccc1-c1ccc(C(F)(F)F)cc1. The zero-order chi connectivity index (χ0) is 35.2. The highest BCUT2D eigenvalue weighted by atomic mass is 19.4. The maximum Gasteiger partial charge on any atom is 0.416 e. The molecule has 0 fully saturated rings. The summed E-state index contributed by atoms with van der Waals surface area (Å²) in [6.07, 6.45) is -3.99. The van der Waals surface area contributed by atoms with Crippen molar-refractivity contribution in [3.05, 3.63) is 119 Å². The van der Waals surface area contributed by atoms with Crippen LogP contribution in [-0.2, 0) is 37.1 Å². The number of amides is 2. The summed E-state index contributed by atoms with van der Waals surface area (Å²) in [5, 5.41) is 22.2. The summed E-state index contributed by atoms with van der Waals surface area (Å²) < 4.78 is 44.3. The lowest BCUT2D eigenvalue weighted by Gasteiger charge is -2.25. The van der Waals surface area contributed by atoms with Gasteiger partial charge in [0.1, 0.15) is 6.61 Å². The van der Waals surface area contributed by atoms with Crippen molar-refractivity contribution in [1.29, 1.82) is 0 Å². The molecule has 1 heterocycles. The summed E-state index contributed by atoms with van der Waals surface area (Å²) in [6.45, 7) is -1.03. The number of aliphatic carboxylic acids is 2. The van der Waals surface area contributed by atoms with Crippen molar-refractivity contribution in [2.24, 2.45) is 0 Å². The fraction of sp³-hybridized carbons (Fsp3) is 0.176. The van der Waals surface area contributed by atoms with Gasteiger partial charge in [-0.25, -0.2) is 0 Å². The van der Waals surface area contributed by atoms with E-state index in [0.717, 1.165) is 18.3 Å². The molecule has 0 aliphatic rings. The first-order chi connectivity index (χ1) is 22.6. The number of nitrogens with zero attached hydrogens (tertiary/aromatic N) is 2. The van der Waals surface area contributed by atoms with Crippen LogP contribution < -0.4 is 5.32 Å². The minimum atomic E-state index is -4.54. The van der Waals surface area contributed by atoms with Crippen LogP contribution in [0, 0.1) is 0 Å². The number of rotatable bonds is 11. The molecule has 0 saturated carbocycles. The fourth-order valence-corrected chi connectivity index (χ4v) is 4.73. The molecule has 0 aliphatic heterocycles. The first-order valence-corrected chi connectivity index (χ1v) is 14.1. The Bertz CT molecular complexity index is 1850. The highest BCUT2D eigenvalue weighted by molar-refractivity contribution is 6.11. The van der Waals surface area contributed by atoms with Gasteiger partial charge in [-0.2, -0.15) is 13.2 Å². The molecule has 0 spiro atoms. The summed E-state index contributed by atoms with van der Waals surface area (Å²) in [6, 6.07) is 18.7. The number of hydrogen-bond donors (Lipinski definition) is 3. The Balaban J connectivity index is 1.58. The third-order valence-corrected chi connectivity index (χ3v) is 7.31. The average Bonchev–Trinajstić information content (AvgIpc) is 3.05. The lowest BCUT2D eigenvalue weighted by Crippen LogP contribution is -2.48. The monoisotopic (exact) mass is 663 g/mol. The molecule has 3 N–H and O–H groups in total. The molecule has 0 unspecified atom stereocenters. The maximum absolute atomic E-state index is 13.4. The number of anilines is 1. The van der Waals surface area contributed by atoms with Gasteiger partial charge in [0.2, 0.25) is 5.41 Å². The number of carboxylic acid groups (broad SMARTS) is 2. The van der Waals surface area contributed by atoms with E-state index in [1.807, 2.05) is 0 Å². The molecule has 0 atom stereocenters. The second-order valence-corrected chi connectivity index (χ2v) is 10.7. The van der Waals surface area contributed by atoms with E-state index in [9.17, 15) is 47.4 Å². The number of esters is 1. The van der Waals surface area contributed by atoms with Crippen molar-refractivity contribution in [1.82, 2.24) is 9.88 Å². The van der Waals surface area contributed by atoms with Crippen LogP contribution in [0.15, 0.2) is 91.1 Å². The van der Waals surface area contributed by atoms with Crippen molar-refractivity contribution in [3.8, 4) is 11.1 Å². The third-order valence-electron chi connectivity index (χ3n) is 7.31. The van der Waals surface area contributed by atoms with E-state index >= 15 is 0 Å². The van der Waals surface area contributed by atoms with Gasteiger partial charge in [-0.1, -0.05) is 60.7 Å². The van der Waals surface area contributed by atoms with E-state index in [2.05, 4.69) is 10.3 Å². The number of benzene rings is 3. The van der Waals surface area contributed by atoms with Gasteiger partial charge < -0.3 is 25.2 Å². The van der Waals surface area contributed by atoms with Crippen LogP contribution in [-0.4, -0.2) is 70.5 Å². The molecule has 1 aromatic heterocycles. The minimum absolute atomic E-state index is 0.00989. The molecular formula is C34H28F3N3O8. The quantitative estimate of drug-likeness (QED) is 0.149. The Morgan fingerprint density at radius 3 is 2.00 bits per heavy atom. The van der Waals surface area contributed by atoms with Crippen LogP contribution in [0.3, 0.4) is 0 Å². The Kier molecular flexibility index (Phi) is 10.3. The number of halogens is 3. The molecule has 0 aliphatic carbocycles. The van der Waals surface area contributed by atoms with Crippen molar-refractivity contribution in [2.45, 2.75) is 18.0 Å². The van der Waals surface area contributed by atoms with Gasteiger partial charge >= 0.3 is 24.1 Å². The first kappa shape index (κ1) is 34.8. The highest BCUT2D eigenvalue weighted by Gasteiger charge is 2.50. The molecule has 2 amide bonds. The molecule has 248 valence electrons. The molecule has 48 heavy (non-hydrogen) atoms. The number of pyridine rings is 1. The van der Waals surface area contributed by atoms with E-state index in [0.29, 0.717) is 11.1 Å². The van der Waals surface area contributed by atoms with Gasteiger partial charge in [0.05, 0.1) is 35.1 Å². The van der Waals surface area contributed by atoms with Crippen LogP contribution >= 0.6 is 0 Å². The van der Waals surface area contributed by atoms with Gasteiger partial charge in [0.15, 0.2) is 0 Å². The Morgan fingerprint density at radius 2 is 1.42 bits per heavy atom. The second kappa shape index (κ2) is 14.2. The Morgan fingerprint density at radius 1 is 0.812 bits per heavy atom. The van der Waals surface area contributed by atoms with Crippen LogP contribution in [0.5, 0.6) is 0 Å². The smallest absolute Gasteiger partial charge is 0.416 e. The number of alkyl halides is 3. The van der Waals surface area contributed by atoms with E-state index in [-0.39, 0.29) is 28.1 Å². The fourth-order valence-electron chi connectivity index (χ4n) is 4.73.